The van der Waals surface area contributed by atoms with Gasteiger partial charge in [0.15, 0.2) is 0 Å². The van der Waals surface area contributed by atoms with E-state index >= 15 is 0 Å². The summed E-state index contributed by atoms with van der Waals surface area (Å²) in [7, 11) is 1.92. The van der Waals surface area contributed by atoms with Gasteiger partial charge in [0.2, 0.25) is 0 Å². The second-order valence-corrected chi connectivity index (χ2v) is 3.44. The van der Waals surface area contributed by atoms with Crippen molar-refractivity contribution in [2.75, 3.05) is 5.73 Å². The highest BCUT2D eigenvalue weighted by Crippen LogP contribution is 2.20. The minimum atomic E-state index is 0.682. The van der Waals surface area contributed by atoms with E-state index in [1.165, 1.54) is 5.56 Å². The van der Waals surface area contributed by atoms with Gasteiger partial charge in [0.25, 0.3) is 0 Å². The number of benzene rings is 1. The van der Waals surface area contributed by atoms with E-state index in [1.54, 1.807) is 6.20 Å². The van der Waals surface area contributed by atoms with Crippen molar-refractivity contribution in [1.82, 2.24) is 9.55 Å². The number of imidazole rings is 1. The quantitative estimate of drug-likeness (QED) is 0.741. The molecule has 0 saturated carbocycles. The fourth-order valence-corrected chi connectivity index (χ4v) is 1.48. The third-order valence-corrected chi connectivity index (χ3v) is 2.30. The van der Waals surface area contributed by atoms with E-state index in [4.69, 9.17) is 5.73 Å². The molecule has 0 aliphatic carbocycles. The molecule has 1 aromatic carbocycles. The summed E-state index contributed by atoms with van der Waals surface area (Å²) in [6.45, 7) is 2.07. The molecule has 0 atom stereocenters. The van der Waals surface area contributed by atoms with Crippen molar-refractivity contribution < 1.29 is 0 Å². The van der Waals surface area contributed by atoms with E-state index in [1.807, 2.05) is 23.7 Å². The fraction of sp³-hybridized carbons (Fsp3) is 0.182. The number of anilines is 1. The largest absolute Gasteiger partial charge is 0.384 e. The van der Waals surface area contributed by atoms with Crippen molar-refractivity contribution in [1.29, 1.82) is 0 Å². The molecule has 0 bridgehead atoms. The molecule has 0 saturated heterocycles. The number of nitrogens with two attached hydrogens (primary N) is 1. The van der Waals surface area contributed by atoms with Crippen molar-refractivity contribution in [2.24, 2.45) is 7.05 Å². The van der Waals surface area contributed by atoms with Crippen LogP contribution in [0.4, 0.5) is 5.82 Å². The lowest BCUT2D eigenvalue weighted by molar-refractivity contribution is 0.936. The van der Waals surface area contributed by atoms with Crippen LogP contribution in [0, 0.1) is 6.92 Å². The second kappa shape index (κ2) is 3.18. The standard InChI is InChI=1S/C11H13N3/c1-8-4-3-5-9(6-8)11-13-7-10(12)14(11)2/h3-7H,12H2,1-2H3. The number of aryl methyl sites for hydroxylation is 1. The Kier molecular flexibility index (Phi) is 2.00. The van der Waals surface area contributed by atoms with E-state index in [0.29, 0.717) is 5.82 Å². The lowest BCUT2D eigenvalue weighted by atomic mass is 10.1. The van der Waals surface area contributed by atoms with Gasteiger partial charge >= 0.3 is 0 Å². The molecule has 2 aromatic rings. The third-order valence-electron chi connectivity index (χ3n) is 2.30. The SMILES string of the molecule is Cc1cccc(-c2ncc(N)n2C)c1. The van der Waals surface area contributed by atoms with Gasteiger partial charge in [-0.05, 0) is 13.0 Å². The first-order valence-electron chi connectivity index (χ1n) is 4.52. The van der Waals surface area contributed by atoms with Crippen molar-refractivity contribution >= 4 is 5.82 Å². The maximum Gasteiger partial charge on any atom is 0.141 e. The summed E-state index contributed by atoms with van der Waals surface area (Å²) >= 11 is 0. The lowest BCUT2D eigenvalue weighted by Gasteiger charge is -2.03. The lowest BCUT2D eigenvalue weighted by Crippen LogP contribution is -1.97. The van der Waals surface area contributed by atoms with Gasteiger partial charge in [0.05, 0.1) is 6.20 Å². The number of nitrogens with zero attached hydrogens (tertiary/aromatic N) is 2. The molecule has 72 valence electrons. The van der Waals surface area contributed by atoms with Crippen LogP contribution in [0.3, 0.4) is 0 Å². The van der Waals surface area contributed by atoms with Crippen LogP contribution in [0.2, 0.25) is 0 Å². The Bertz CT molecular complexity index is 457. The second-order valence-electron chi connectivity index (χ2n) is 3.44. The Morgan fingerprint density at radius 1 is 1.36 bits per heavy atom. The average Bonchev–Trinajstić information content (AvgIpc) is 2.48. The fourth-order valence-electron chi connectivity index (χ4n) is 1.48. The van der Waals surface area contributed by atoms with Crippen molar-refractivity contribution in [2.45, 2.75) is 6.92 Å². The minimum Gasteiger partial charge on any atom is -0.384 e. The van der Waals surface area contributed by atoms with Crippen LogP contribution in [0.15, 0.2) is 30.5 Å². The number of aromatic nitrogens is 2. The molecule has 1 aromatic heterocycles. The highest BCUT2D eigenvalue weighted by atomic mass is 15.1. The number of hydrogen-bond acceptors (Lipinski definition) is 2. The van der Waals surface area contributed by atoms with Gasteiger partial charge in [0.1, 0.15) is 11.6 Å². The summed E-state index contributed by atoms with van der Waals surface area (Å²) in [5, 5.41) is 0. The first-order chi connectivity index (χ1) is 6.68. The summed E-state index contributed by atoms with van der Waals surface area (Å²) in [5.41, 5.74) is 8.04. The molecular weight excluding hydrogens is 174 g/mol. The number of rotatable bonds is 1. The predicted octanol–water partition coefficient (Wildman–Crippen LogP) is 1.98. The Balaban J connectivity index is 2.55. The van der Waals surface area contributed by atoms with Gasteiger partial charge in [-0.1, -0.05) is 23.8 Å². The highest BCUT2D eigenvalue weighted by molar-refractivity contribution is 5.59. The normalized spacial score (nSPS) is 10.4. The monoisotopic (exact) mass is 187 g/mol. The zero-order chi connectivity index (χ0) is 10.1. The topological polar surface area (TPSA) is 43.8 Å². The van der Waals surface area contributed by atoms with Crippen LogP contribution in [0.5, 0.6) is 0 Å². The minimum absolute atomic E-state index is 0.682. The van der Waals surface area contributed by atoms with E-state index in [0.717, 1.165) is 11.4 Å². The Labute approximate surface area is 83.2 Å². The van der Waals surface area contributed by atoms with Crippen molar-refractivity contribution in [3.63, 3.8) is 0 Å². The van der Waals surface area contributed by atoms with Gasteiger partial charge in [-0.2, -0.15) is 0 Å². The molecule has 3 nitrogen and oxygen atoms in total. The molecule has 3 heteroatoms. The Morgan fingerprint density at radius 3 is 2.71 bits per heavy atom. The zero-order valence-electron chi connectivity index (χ0n) is 8.36. The molecule has 0 fully saturated rings. The Hall–Kier alpha value is -1.77. The van der Waals surface area contributed by atoms with E-state index in [2.05, 4.69) is 24.0 Å². The van der Waals surface area contributed by atoms with Crippen molar-refractivity contribution in [3.05, 3.63) is 36.0 Å². The molecule has 0 amide bonds. The van der Waals surface area contributed by atoms with Gasteiger partial charge in [-0.15, -0.1) is 0 Å². The first-order valence-corrected chi connectivity index (χ1v) is 4.52. The molecule has 1 heterocycles. The van der Waals surface area contributed by atoms with E-state index in [9.17, 15) is 0 Å². The maximum atomic E-state index is 5.72. The molecular formula is C11H13N3. The van der Waals surface area contributed by atoms with Gasteiger partial charge in [0, 0.05) is 12.6 Å². The summed E-state index contributed by atoms with van der Waals surface area (Å²) in [6.07, 6.45) is 1.68. The van der Waals surface area contributed by atoms with Crippen LogP contribution in [-0.4, -0.2) is 9.55 Å². The van der Waals surface area contributed by atoms with Crippen LogP contribution in [-0.2, 0) is 7.05 Å². The summed E-state index contributed by atoms with van der Waals surface area (Å²) in [6, 6.07) is 8.22. The maximum absolute atomic E-state index is 5.72. The molecule has 0 aliphatic rings. The van der Waals surface area contributed by atoms with E-state index < -0.39 is 0 Å². The zero-order valence-corrected chi connectivity index (χ0v) is 8.36. The van der Waals surface area contributed by atoms with Gasteiger partial charge in [-0.3, -0.25) is 0 Å². The summed E-state index contributed by atoms with van der Waals surface area (Å²) in [4.78, 5) is 4.26. The van der Waals surface area contributed by atoms with Crippen LogP contribution in [0.25, 0.3) is 11.4 Å². The van der Waals surface area contributed by atoms with E-state index in [-0.39, 0.29) is 0 Å². The smallest absolute Gasteiger partial charge is 0.141 e. The summed E-state index contributed by atoms with van der Waals surface area (Å²) < 4.78 is 1.88. The molecule has 0 aliphatic heterocycles. The number of hydrogen-bond donors (Lipinski definition) is 1. The van der Waals surface area contributed by atoms with Crippen LogP contribution in [0.1, 0.15) is 5.56 Å². The third kappa shape index (κ3) is 1.37. The first kappa shape index (κ1) is 8.81. The van der Waals surface area contributed by atoms with Crippen LogP contribution < -0.4 is 5.73 Å². The average molecular weight is 187 g/mol. The highest BCUT2D eigenvalue weighted by Gasteiger charge is 2.05. The molecule has 0 spiro atoms. The molecule has 0 unspecified atom stereocenters. The molecule has 2 N–H and O–H groups in total. The molecule has 14 heavy (non-hydrogen) atoms. The van der Waals surface area contributed by atoms with Gasteiger partial charge < -0.3 is 10.3 Å². The Morgan fingerprint density at radius 2 is 2.14 bits per heavy atom. The number of nitrogen functional groups attached to an aromatic ring is 1. The molecule has 2 rings (SSSR count). The predicted molar refractivity (Wildman–Crippen MR) is 57.8 cm³/mol. The van der Waals surface area contributed by atoms with Gasteiger partial charge in [-0.25, -0.2) is 4.98 Å². The molecule has 0 radical (unpaired) electrons. The van der Waals surface area contributed by atoms with Crippen LogP contribution >= 0.6 is 0 Å². The summed E-state index contributed by atoms with van der Waals surface area (Å²) in [5.74, 6) is 1.59. The van der Waals surface area contributed by atoms with Crippen molar-refractivity contribution in [3.8, 4) is 11.4 Å².